The molecule has 0 fully saturated rings. The van der Waals surface area contributed by atoms with Crippen LogP contribution in [0, 0.1) is 10.1 Å². The summed E-state index contributed by atoms with van der Waals surface area (Å²) >= 11 is 24.0. The highest BCUT2D eigenvalue weighted by Crippen LogP contribution is 2.31. The molecule has 0 saturated carbocycles. The number of rotatable bonds is 5. The van der Waals surface area contributed by atoms with Crippen molar-refractivity contribution in [3.8, 4) is 0 Å². The van der Waals surface area contributed by atoms with E-state index in [4.69, 9.17) is 46.4 Å². The first kappa shape index (κ1) is 22.8. The fourth-order valence-electron chi connectivity index (χ4n) is 2.57. The van der Waals surface area contributed by atoms with Gasteiger partial charge in [0.25, 0.3) is 17.5 Å². The summed E-state index contributed by atoms with van der Waals surface area (Å²) in [6, 6.07) is 12.5. The first-order chi connectivity index (χ1) is 14.7. The van der Waals surface area contributed by atoms with Gasteiger partial charge in [0.2, 0.25) is 0 Å². The van der Waals surface area contributed by atoms with Gasteiger partial charge in [0, 0.05) is 23.3 Å². The predicted octanol–water partition coefficient (Wildman–Crippen LogP) is 6.71. The number of halogens is 4. The molecule has 0 aromatic heterocycles. The minimum Gasteiger partial charge on any atom is -0.321 e. The maximum atomic E-state index is 12.7. The summed E-state index contributed by atoms with van der Waals surface area (Å²) in [6.07, 6.45) is 0. The lowest BCUT2D eigenvalue weighted by atomic mass is 10.1. The molecule has 0 spiro atoms. The number of non-ortho nitro benzene ring substituents is 1. The Bertz CT molecular complexity index is 1130. The number of nitrogens with zero attached hydrogens (tertiary/aromatic N) is 1. The third-order valence-corrected chi connectivity index (χ3v) is 5.69. The minimum absolute atomic E-state index is 0.108. The molecule has 11 heteroatoms. The highest BCUT2D eigenvalue weighted by molar-refractivity contribution is 6.44. The Morgan fingerprint density at radius 3 is 1.55 bits per heavy atom. The first-order valence-electron chi connectivity index (χ1n) is 8.47. The smallest absolute Gasteiger partial charge is 0.271 e. The maximum Gasteiger partial charge on any atom is 0.271 e. The van der Waals surface area contributed by atoms with Crippen molar-refractivity contribution in [2.24, 2.45) is 0 Å². The van der Waals surface area contributed by atoms with E-state index >= 15 is 0 Å². The van der Waals surface area contributed by atoms with Gasteiger partial charge < -0.3 is 10.6 Å². The van der Waals surface area contributed by atoms with Crippen molar-refractivity contribution in [1.29, 1.82) is 0 Å². The van der Waals surface area contributed by atoms with Crippen LogP contribution < -0.4 is 10.6 Å². The fraction of sp³-hybridized carbons (Fsp3) is 0. The Balaban J connectivity index is 1.94. The molecule has 3 aromatic rings. The van der Waals surface area contributed by atoms with Crippen LogP contribution in [0.3, 0.4) is 0 Å². The molecule has 3 rings (SSSR count). The van der Waals surface area contributed by atoms with E-state index in [0.29, 0.717) is 0 Å². The molecular weight excluding hydrogens is 488 g/mol. The molecule has 3 aromatic carbocycles. The number of anilines is 2. The van der Waals surface area contributed by atoms with Crippen LogP contribution in [0.4, 0.5) is 17.1 Å². The molecule has 2 amide bonds. The topological polar surface area (TPSA) is 101 Å². The quantitative estimate of drug-likeness (QED) is 0.301. The molecule has 7 nitrogen and oxygen atoms in total. The van der Waals surface area contributed by atoms with Gasteiger partial charge in [-0.25, -0.2) is 0 Å². The molecule has 0 heterocycles. The number of nitro benzene ring substituents is 1. The van der Waals surface area contributed by atoms with Crippen LogP contribution in [0.15, 0.2) is 54.6 Å². The van der Waals surface area contributed by atoms with Crippen LogP contribution in [-0.4, -0.2) is 16.7 Å². The van der Waals surface area contributed by atoms with Gasteiger partial charge in [-0.1, -0.05) is 58.5 Å². The van der Waals surface area contributed by atoms with Crippen molar-refractivity contribution in [2.45, 2.75) is 0 Å². The maximum absolute atomic E-state index is 12.7. The molecule has 0 atom stereocenters. The van der Waals surface area contributed by atoms with Crippen molar-refractivity contribution >= 4 is 75.3 Å². The summed E-state index contributed by atoms with van der Waals surface area (Å²) in [5.41, 5.74) is -0.294. The Morgan fingerprint density at radius 2 is 1.16 bits per heavy atom. The second-order valence-corrected chi connectivity index (χ2v) is 7.71. The van der Waals surface area contributed by atoms with E-state index in [1.165, 1.54) is 30.3 Å². The summed E-state index contributed by atoms with van der Waals surface area (Å²) in [6.45, 7) is 0. The van der Waals surface area contributed by atoms with E-state index in [0.717, 1.165) is 12.1 Å². The highest BCUT2D eigenvalue weighted by Gasteiger charge is 2.20. The average Bonchev–Trinajstić information content (AvgIpc) is 2.74. The number of hydrogen-bond donors (Lipinski definition) is 2. The molecule has 0 radical (unpaired) electrons. The summed E-state index contributed by atoms with van der Waals surface area (Å²) in [7, 11) is 0. The molecule has 0 saturated heterocycles. The molecule has 0 aliphatic rings. The summed E-state index contributed by atoms with van der Waals surface area (Å²) < 4.78 is 0. The first-order valence-corrected chi connectivity index (χ1v) is 9.98. The third-order valence-electron chi connectivity index (χ3n) is 4.05. The van der Waals surface area contributed by atoms with Crippen LogP contribution in [0.1, 0.15) is 20.7 Å². The van der Waals surface area contributed by atoms with Gasteiger partial charge in [-0.05, 0) is 30.3 Å². The van der Waals surface area contributed by atoms with Gasteiger partial charge in [-0.3, -0.25) is 19.7 Å². The van der Waals surface area contributed by atoms with Gasteiger partial charge in [0.15, 0.2) is 0 Å². The van der Waals surface area contributed by atoms with Crippen molar-refractivity contribution in [3.05, 3.63) is 95.9 Å². The zero-order valence-electron chi connectivity index (χ0n) is 15.3. The molecule has 0 aliphatic carbocycles. The van der Waals surface area contributed by atoms with Gasteiger partial charge in [0.05, 0.1) is 36.4 Å². The molecule has 31 heavy (non-hydrogen) atoms. The van der Waals surface area contributed by atoms with Gasteiger partial charge in [0.1, 0.15) is 0 Å². The third kappa shape index (κ3) is 5.26. The van der Waals surface area contributed by atoms with E-state index in [1.54, 1.807) is 12.1 Å². The monoisotopic (exact) mass is 497 g/mol. The van der Waals surface area contributed by atoms with E-state index < -0.39 is 22.4 Å². The number of hydrogen-bond acceptors (Lipinski definition) is 4. The van der Waals surface area contributed by atoms with Gasteiger partial charge in [-0.2, -0.15) is 0 Å². The van der Waals surface area contributed by atoms with Crippen LogP contribution in [0.5, 0.6) is 0 Å². The highest BCUT2D eigenvalue weighted by atomic mass is 35.5. The zero-order chi connectivity index (χ0) is 22.7. The normalized spacial score (nSPS) is 10.5. The van der Waals surface area contributed by atoms with E-state index in [-0.39, 0.29) is 42.6 Å². The van der Waals surface area contributed by atoms with Crippen LogP contribution >= 0.6 is 46.4 Å². The Morgan fingerprint density at radius 1 is 0.742 bits per heavy atom. The van der Waals surface area contributed by atoms with Crippen molar-refractivity contribution in [3.63, 3.8) is 0 Å². The largest absolute Gasteiger partial charge is 0.321 e. The average molecular weight is 499 g/mol. The number of carbonyl (C=O) groups excluding carboxylic acids is 2. The van der Waals surface area contributed by atoms with Crippen LogP contribution in [-0.2, 0) is 0 Å². The standard InChI is InChI=1S/C20H11Cl4N3O4/c21-13-3-1-5-15(17(13)23)25-19(28)10-7-11(9-12(8-10)27(30)31)20(29)26-16-6-2-4-14(22)18(16)24/h1-9H,(H,25,28)(H,26,29). The van der Waals surface area contributed by atoms with Crippen molar-refractivity contribution in [2.75, 3.05) is 10.6 Å². The minimum atomic E-state index is -0.720. The Hall–Kier alpha value is -2.84. The second-order valence-electron chi connectivity index (χ2n) is 6.14. The molecule has 0 unspecified atom stereocenters. The van der Waals surface area contributed by atoms with E-state index in [9.17, 15) is 19.7 Å². The van der Waals surface area contributed by atoms with Crippen LogP contribution in [0.25, 0.3) is 0 Å². The lowest BCUT2D eigenvalue weighted by molar-refractivity contribution is -0.384. The fourth-order valence-corrected chi connectivity index (χ4v) is 3.26. The number of carbonyl (C=O) groups is 2. The molecule has 158 valence electrons. The SMILES string of the molecule is O=C(Nc1cccc(Cl)c1Cl)c1cc(C(=O)Nc2cccc(Cl)c2Cl)cc([N+](=O)[O-])c1. The van der Waals surface area contributed by atoms with Gasteiger partial charge >= 0.3 is 0 Å². The Labute approximate surface area is 196 Å². The molecule has 0 aliphatic heterocycles. The number of nitro groups is 1. The number of amides is 2. The summed E-state index contributed by atoms with van der Waals surface area (Å²) in [4.78, 5) is 36.0. The number of nitrogens with one attached hydrogen (secondary N) is 2. The molecule has 0 bridgehead atoms. The Kier molecular flexibility index (Phi) is 7.02. The second kappa shape index (κ2) is 9.53. The molecular formula is C20H11Cl4N3O4. The lowest BCUT2D eigenvalue weighted by Gasteiger charge is -2.11. The zero-order valence-corrected chi connectivity index (χ0v) is 18.3. The van der Waals surface area contributed by atoms with Gasteiger partial charge in [-0.15, -0.1) is 0 Å². The summed E-state index contributed by atoms with van der Waals surface area (Å²) in [5.74, 6) is -1.44. The molecule has 2 N–H and O–H groups in total. The van der Waals surface area contributed by atoms with Crippen molar-refractivity contribution < 1.29 is 14.5 Å². The lowest BCUT2D eigenvalue weighted by Crippen LogP contribution is -2.16. The van der Waals surface area contributed by atoms with Crippen molar-refractivity contribution in [1.82, 2.24) is 0 Å². The number of benzene rings is 3. The van der Waals surface area contributed by atoms with Crippen LogP contribution in [0.2, 0.25) is 20.1 Å². The summed E-state index contributed by atoms with van der Waals surface area (Å²) in [5, 5.41) is 17.0. The van der Waals surface area contributed by atoms with E-state index in [2.05, 4.69) is 10.6 Å². The van der Waals surface area contributed by atoms with E-state index in [1.807, 2.05) is 0 Å². The predicted molar refractivity (Wildman–Crippen MR) is 122 cm³/mol.